The van der Waals surface area contributed by atoms with E-state index in [0.29, 0.717) is 12.8 Å². The van der Waals surface area contributed by atoms with Crippen molar-refractivity contribution < 1.29 is 30.9 Å². The molecule has 10 heteroatoms. The molecule has 0 aliphatic carbocycles. The van der Waals surface area contributed by atoms with Crippen LogP contribution in [0.3, 0.4) is 0 Å². The average Bonchev–Trinajstić information content (AvgIpc) is 1.81. The van der Waals surface area contributed by atoms with Gasteiger partial charge in [-0.1, -0.05) is 13.3 Å². The molecule has 0 aliphatic rings. The third-order valence-corrected chi connectivity index (χ3v) is 2.96. The van der Waals surface area contributed by atoms with Gasteiger partial charge in [0.25, 0.3) is 0 Å². The lowest BCUT2D eigenvalue weighted by atomic mass is 10.4. The molecule has 0 aromatic heterocycles. The monoisotopic (exact) mass is 251 g/mol. The second-order valence-electron chi connectivity index (χ2n) is 2.16. The van der Waals surface area contributed by atoms with Crippen LogP contribution in [0.1, 0.15) is 19.8 Å². The van der Waals surface area contributed by atoms with Crippen molar-refractivity contribution in [2.75, 3.05) is 6.61 Å². The lowest BCUT2D eigenvalue weighted by Gasteiger charge is -2.08. The van der Waals surface area contributed by atoms with Gasteiger partial charge in [0.1, 0.15) is 0 Å². The first-order chi connectivity index (χ1) is 5.77. The molecule has 14 heavy (non-hydrogen) atoms. The Balaban J connectivity index is 0. The summed E-state index contributed by atoms with van der Waals surface area (Å²) in [6.07, 6.45) is 1.20. The zero-order valence-corrected chi connectivity index (χ0v) is 9.33. The van der Waals surface area contributed by atoms with Gasteiger partial charge in [0.15, 0.2) is 0 Å². The topological polar surface area (TPSA) is 145 Å². The number of unbranched alkanes of at least 4 members (excludes halogenated alkanes) is 1. The first-order valence-electron chi connectivity index (χ1n) is 3.43. The molecule has 0 radical (unpaired) electrons. The van der Waals surface area contributed by atoms with Crippen LogP contribution in [0.5, 0.6) is 0 Å². The Morgan fingerprint density at radius 3 is 2.29 bits per heavy atom. The van der Waals surface area contributed by atoms with E-state index >= 15 is 0 Å². The second kappa shape index (κ2) is 6.46. The summed E-state index contributed by atoms with van der Waals surface area (Å²) < 4.78 is 46.3. The number of hydrogen-bond donors (Lipinski definition) is 3. The number of phosphoric acid groups is 1. The van der Waals surface area contributed by atoms with Crippen LogP contribution in [0.4, 0.5) is 0 Å². The Kier molecular flexibility index (Phi) is 7.57. The predicted octanol–water partition coefficient (Wildman–Crippen LogP) is 0.885. The number of hydrogen-bond acceptors (Lipinski definition) is 6. The smallest absolute Gasteiger partial charge is 0.344 e. The molecular formula is C4H14NO7PS. The third-order valence-electron chi connectivity index (χ3n) is 0.941. The zero-order valence-electron chi connectivity index (χ0n) is 7.62. The van der Waals surface area contributed by atoms with Crippen LogP contribution in [0.2, 0.25) is 0 Å². The molecule has 0 heterocycles. The highest BCUT2D eigenvalue weighted by molar-refractivity contribution is 7.85. The molecule has 1 atom stereocenters. The van der Waals surface area contributed by atoms with Crippen LogP contribution in [0, 0.1) is 0 Å². The van der Waals surface area contributed by atoms with Crippen molar-refractivity contribution in [2.45, 2.75) is 19.8 Å². The van der Waals surface area contributed by atoms with Crippen molar-refractivity contribution in [1.82, 2.24) is 6.15 Å². The standard InChI is InChI=1S/C4H11O7PS.H3N/c1-2-3-4-10-12(5,6)11-13(7,8)9;/h2-4H2,1H3,(H,5,6)(H,7,8,9);1H3. The Morgan fingerprint density at radius 1 is 1.43 bits per heavy atom. The molecular weight excluding hydrogens is 237 g/mol. The van der Waals surface area contributed by atoms with Gasteiger partial charge in [-0.3, -0.25) is 9.08 Å². The van der Waals surface area contributed by atoms with Crippen LogP contribution in [-0.2, 0) is 23.5 Å². The summed E-state index contributed by atoms with van der Waals surface area (Å²) in [5, 5.41) is 0. The molecule has 0 amide bonds. The van der Waals surface area contributed by atoms with Crippen molar-refractivity contribution in [1.29, 1.82) is 0 Å². The molecule has 0 rings (SSSR count). The average molecular weight is 251 g/mol. The molecule has 0 saturated heterocycles. The molecule has 1 unspecified atom stereocenters. The van der Waals surface area contributed by atoms with Gasteiger partial charge in [-0.15, -0.1) is 3.97 Å². The van der Waals surface area contributed by atoms with Crippen LogP contribution >= 0.6 is 7.82 Å². The summed E-state index contributed by atoms with van der Waals surface area (Å²) >= 11 is 0. The Labute approximate surface area is 82.4 Å². The van der Waals surface area contributed by atoms with E-state index in [0.717, 1.165) is 0 Å². The van der Waals surface area contributed by atoms with Crippen LogP contribution in [0.25, 0.3) is 0 Å². The highest BCUT2D eigenvalue weighted by Crippen LogP contribution is 2.44. The summed E-state index contributed by atoms with van der Waals surface area (Å²) in [5.41, 5.74) is 0. The molecule has 0 bridgehead atoms. The van der Waals surface area contributed by atoms with Crippen LogP contribution in [0.15, 0.2) is 0 Å². The van der Waals surface area contributed by atoms with Crippen molar-refractivity contribution in [3.8, 4) is 0 Å². The molecule has 5 N–H and O–H groups in total. The van der Waals surface area contributed by atoms with E-state index in [9.17, 15) is 13.0 Å². The van der Waals surface area contributed by atoms with Gasteiger partial charge in [-0.25, -0.2) is 4.57 Å². The SMILES string of the molecule is CCCCOP(=O)(O)OS(=O)(=O)O.N. The normalized spacial score (nSPS) is 15.6. The fraction of sp³-hybridized carbons (Fsp3) is 1.00. The third kappa shape index (κ3) is 10.1. The molecule has 0 aromatic carbocycles. The molecule has 8 nitrogen and oxygen atoms in total. The number of phosphoric ester groups is 1. The van der Waals surface area contributed by atoms with E-state index in [2.05, 4.69) is 8.49 Å². The van der Waals surface area contributed by atoms with Crippen molar-refractivity contribution >= 4 is 18.2 Å². The van der Waals surface area contributed by atoms with E-state index in [1.165, 1.54) is 0 Å². The Morgan fingerprint density at radius 2 is 1.93 bits per heavy atom. The number of rotatable bonds is 6. The van der Waals surface area contributed by atoms with Crippen molar-refractivity contribution in [3.63, 3.8) is 0 Å². The molecule has 0 saturated carbocycles. The van der Waals surface area contributed by atoms with E-state index in [-0.39, 0.29) is 12.8 Å². The van der Waals surface area contributed by atoms with E-state index in [4.69, 9.17) is 9.45 Å². The van der Waals surface area contributed by atoms with Gasteiger partial charge in [-0.05, 0) is 6.42 Å². The summed E-state index contributed by atoms with van der Waals surface area (Å²) in [5.74, 6) is 0. The van der Waals surface area contributed by atoms with E-state index in [1.54, 1.807) is 0 Å². The van der Waals surface area contributed by atoms with Gasteiger partial charge in [0.05, 0.1) is 6.61 Å². The first-order valence-corrected chi connectivity index (χ1v) is 6.29. The zero-order chi connectivity index (χ0) is 10.5. The van der Waals surface area contributed by atoms with Gasteiger partial charge in [0, 0.05) is 0 Å². The molecule has 0 aromatic rings. The Hall–Kier alpha value is -0.0200. The fourth-order valence-corrected chi connectivity index (χ4v) is 1.95. The maximum Gasteiger partial charge on any atom is 0.488 e. The van der Waals surface area contributed by atoms with Gasteiger partial charge < -0.3 is 11.0 Å². The predicted molar refractivity (Wildman–Crippen MR) is 48.3 cm³/mol. The van der Waals surface area contributed by atoms with E-state index in [1.807, 2.05) is 6.92 Å². The summed E-state index contributed by atoms with van der Waals surface area (Å²) in [6, 6.07) is 0. The molecule has 0 aliphatic heterocycles. The van der Waals surface area contributed by atoms with Crippen LogP contribution in [-0.4, -0.2) is 24.5 Å². The first kappa shape index (κ1) is 16.4. The summed E-state index contributed by atoms with van der Waals surface area (Å²) in [7, 11) is -9.64. The minimum atomic E-state index is -4.96. The van der Waals surface area contributed by atoms with Gasteiger partial charge >= 0.3 is 18.2 Å². The maximum absolute atomic E-state index is 10.7. The molecule has 0 fully saturated rings. The minimum absolute atomic E-state index is 0. The minimum Gasteiger partial charge on any atom is -0.344 e. The van der Waals surface area contributed by atoms with Gasteiger partial charge in [-0.2, -0.15) is 8.42 Å². The molecule has 0 spiro atoms. The summed E-state index contributed by atoms with van der Waals surface area (Å²) in [6.45, 7) is 1.70. The molecule has 88 valence electrons. The lowest BCUT2D eigenvalue weighted by Crippen LogP contribution is -2.04. The highest BCUT2D eigenvalue weighted by atomic mass is 32.3. The summed E-state index contributed by atoms with van der Waals surface area (Å²) in [4.78, 5) is 8.65. The largest absolute Gasteiger partial charge is 0.488 e. The van der Waals surface area contributed by atoms with Crippen molar-refractivity contribution in [2.24, 2.45) is 0 Å². The quantitative estimate of drug-likeness (QED) is 0.358. The van der Waals surface area contributed by atoms with Crippen molar-refractivity contribution in [3.05, 3.63) is 0 Å². The Bertz CT molecular complexity index is 288. The lowest BCUT2D eigenvalue weighted by molar-refractivity contribution is 0.196. The second-order valence-corrected chi connectivity index (χ2v) is 4.80. The fourth-order valence-electron chi connectivity index (χ4n) is 0.465. The maximum atomic E-state index is 10.7. The van der Waals surface area contributed by atoms with Gasteiger partial charge in [0.2, 0.25) is 0 Å². The highest BCUT2D eigenvalue weighted by Gasteiger charge is 2.28. The van der Waals surface area contributed by atoms with Crippen LogP contribution < -0.4 is 6.15 Å². The van der Waals surface area contributed by atoms with E-state index < -0.39 is 18.2 Å².